The van der Waals surface area contributed by atoms with Gasteiger partial charge in [0.25, 0.3) is 0 Å². The Bertz CT molecular complexity index is 579. The molecule has 0 saturated heterocycles. The lowest BCUT2D eigenvalue weighted by Gasteiger charge is -2.20. The number of hydrogen-bond acceptors (Lipinski definition) is 2. The average molecular weight is 292 g/mol. The highest BCUT2D eigenvalue weighted by Crippen LogP contribution is 2.24. The maximum absolute atomic E-state index is 6.26. The van der Waals surface area contributed by atoms with E-state index in [1.54, 1.807) is 6.20 Å². The fourth-order valence-corrected chi connectivity index (χ4v) is 2.27. The van der Waals surface area contributed by atoms with Crippen LogP contribution in [0.3, 0.4) is 0 Å². The first kappa shape index (κ1) is 15.1. The molecule has 2 aromatic rings. The third kappa shape index (κ3) is 3.22. The van der Waals surface area contributed by atoms with Crippen LogP contribution in [0.15, 0.2) is 30.5 Å². The average Bonchev–Trinajstić information content (AvgIpc) is 2.70. The van der Waals surface area contributed by atoms with E-state index in [0.29, 0.717) is 11.6 Å². The molecule has 0 spiro atoms. The van der Waals surface area contributed by atoms with Crippen molar-refractivity contribution in [1.29, 1.82) is 0 Å². The van der Waals surface area contributed by atoms with Gasteiger partial charge in [-0.05, 0) is 23.5 Å². The first-order chi connectivity index (χ1) is 9.29. The number of hydrogen-bond donors (Lipinski definition) is 1. The molecule has 108 valence electrons. The summed E-state index contributed by atoms with van der Waals surface area (Å²) in [4.78, 5) is 0. The maximum Gasteiger partial charge on any atom is 0.0814 e. The van der Waals surface area contributed by atoms with E-state index in [4.69, 9.17) is 17.3 Å². The van der Waals surface area contributed by atoms with Crippen LogP contribution in [0.5, 0.6) is 0 Å². The SMILES string of the molecule is Cc1c(Cl)cnn1CC(N)c1ccc(C(C)(C)C)cc1. The number of nitrogens with two attached hydrogens (primary N) is 1. The molecule has 2 N–H and O–H groups in total. The van der Waals surface area contributed by atoms with Gasteiger partial charge in [0.1, 0.15) is 0 Å². The summed E-state index contributed by atoms with van der Waals surface area (Å²) < 4.78 is 1.85. The topological polar surface area (TPSA) is 43.8 Å². The van der Waals surface area contributed by atoms with Gasteiger partial charge in [0, 0.05) is 6.04 Å². The van der Waals surface area contributed by atoms with Crippen LogP contribution in [0, 0.1) is 6.92 Å². The van der Waals surface area contributed by atoms with E-state index in [-0.39, 0.29) is 11.5 Å². The molecule has 0 fully saturated rings. The second-order valence-electron chi connectivity index (χ2n) is 6.24. The zero-order chi connectivity index (χ0) is 14.9. The molecule has 0 saturated carbocycles. The van der Waals surface area contributed by atoms with Gasteiger partial charge >= 0.3 is 0 Å². The van der Waals surface area contributed by atoms with Crippen LogP contribution in [0.4, 0.5) is 0 Å². The Balaban J connectivity index is 2.13. The van der Waals surface area contributed by atoms with E-state index in [9.17, 15) is 0 Å². The molecule has 1 unspecified atom stereocenters. The first-order valence-electron chi connectivity index (χ1n) is 6.83. The summed E-state index contributed by atoms with van der Waals surface area (Å²) in [6.45, 7) is 9.20. The van der Waals surface area contributed by atoms with Crippen LogP contribution in [0.1, 0.15) is 43.6 Å². The fourth-order valence-electron chi connectivity index (χ4n) is 2.13. The Labute approximate surface area is 125 Å². The molecule has 4 heteroatoms. The Morgan fingerprint density at radius 1 is 1.25 bits per heavy atom. The minimum atomic E-state index is -0.0846. The largest absolute Gasteiger partial charge is 0.322 e. The van der Waals surface area contributed by atoms with Crippen molar-refractivity contribution in [2.75, 3.05) is 0 Å². The van der Waals surface area contributed by atoms with E-state index in [2.05, 4.69) is 50.1 Å². The van der Waals surface area contributed by atoms with Gasteiger partial charge in [-0.3, -0.25) is 4.68 Å². The van der Waals surface area contributed by atoms with E-state index in [1.165, 1.54) is 5.56 Å². The molecule has 0 aliphatic rings. The number of rotatable bonds is 3. The summed E-state index contributed by atoms with van der Waals surface area (Å²) >= 11 is 6.01. The van der Waals surface area contributed by atoms with Gasteiger partial charge < -0.3 is 5.73 Å². The molecule has 0 amide bonds. The van der Waals surface area contributed by atoms with E-state index >= 15 is 0 Å². The molecule has 0 aliphatic carbocycles. The second kappa shape index (κ2) is 5.58. The summed E-state index contributed by atoms with van der Waals surface area (Å²) in [5.41, 5.74) is 9.80. The van der Waals surface area contributed by atoms with E-state index in [1.807, 2.05) is 11.6 Å². The van der Waals surface area contributed by atoms with Crippen molar-refractivity contribution in [3.63, 3.8) is 0 Å². The standard InChI is InChI=1S/C16H22ClN3/c1-11-14(17)9-19-20(11)10-15(18)12-5-7-13(8-6-12)16(2,3)4/h5-9,15H,10,18H2,1-4H3. The van der Waals surface area contributed by atoms with Gasteiger partial charge in [0.05, 0.1) is 23.5 Å². The smallest absolute Gasteiger partial charge is 0.0814 e. The lowest BCUT2D eigenvalue weighted by Crippen LogP contribution is -2.19. The summed E-state index contributed by atoms with van der Waals surface area (Å²) in [5, 5.41) is 4.92. The van der Waals surface area contributed by atoms with Crippen molar-refractivity contribution in [3.8, 4) is 0 Å². The molecular weight excluding hydrogens is 270 g/mol. The Kier molecular flexibility index (Phi) is 4.21. The maximum atomic E-state index is 6.26. The quantitative estimate of drug-likeness (QED) is 0.933. The highest BCUT2D eigenvalue weighted by atomic mass is 35.5. The van der Waals surface area contributed by atoms with Crippen LogP contribution in [-0.2, 0) is 12.0 Å². The predicted molar refractivity (Wildman–Crippen MR) is 84.0 cm³/mol. The Morgan fingerprint density at radius 2 is 1.85 bits per heavy atom. The second-order valence-corrected chi connectivity index (χ2v) is 6.65. The van der Waals surface area contributed by atoms with Crippen molar-refractivity contribution in [3.05, 3.63) is 52.3 Å². The Hall–Kier alpha value is -1.32. The highest BCUT2D eigenvalue weighted by molar-refractivity contribution is 6.31. The highest BCUT2D eigenvalue weighted by Gasteiger charge is 2.15. The Morgan fingerprint density at radius 3 is 2.30 bits per heavy atom. The van der Waals surface area contributed by atoms with Crippen LogP contribution >= 0.6 is 11.6 Å². The van der Waals surface area contributed by atoms with Crippen LogP contribution in [0.2, 0.25) is 5.02 Å². The third-order valence-corrected chi connectivity index (χ3v) is 3.99. The summed E-state index contributed by atoms with van der Waals surface area (Å²) in [5.74, 6) is 0. The minimum Gasteiger partial charge on any atom is -0.322 e. The van der Waals surface area contributed by atoms with Gasteiger partial charge in [0.2, 0.25) is 0 Å². The third-order valence-electron chi connectivity index (χ3n) is 3.62. The molecule has 1 atom stereocenters. The van der Waals surface area contributed by atoms with Gasteiger partial charge in [-0.1, -0.05) is 56.6 Å². The van der Waals surface area contributed by atoms with Gasteiger partial charge in [-0.2, -0.15) is 5.10 Å². The molecule has 3 nitrogen and oxygen atoms in total. The van der Waals surface area contributed by atoms with Gasteiger partial charge in [-0.25, -0.2) is 0 Å². The lowest BCUT2D eigenvalue weighted by atomic mass is 9.86. The van der Waals surface area contributed by atoms with Crippen molar-refractivity contribution in [2.24, 2.45) is 5.73 Å². The summed E-state index contributed by atoms with van der Waals surface area (Å²) in [6, 6.07) is 8.42. The number of nitrogens with zero attached hydrogens (tertiary/aromatic N) is 2. The van der Waals surface area contributed by atoms with E-state index < -0.39 is 0 Å². The summed E-state index contributed by atoms with van der Waals surface area (Å²) in [7, 11) is 0. The van der Waals surface area contributed by atoms with Gasteiger partial charge in [-0.15, -0.1) is 0 Å². The van der Waals surface area contributed by atoms with E-state index in [0.717, 1.165) is 11.3 Å². The van der Waals surface area contributed by atoms with Crippen molar-refractivity contribution in [2.45, 2.75) is 45.7 Å². The van der Waals surface area contributed by atoms with Crippen molar-refractivity contribution < 1.29 is 0 Å². The number of benzene rings is 1. The zero-order valence-electron chi connectivity index (χ0n) is 12.5. The molecule has 1 aromatic carbocycles. The number of halogens is 1. The fraction of sp³-hybridized carbons (Fsp3) is 0.438. The predicted octanol–water partition coefficient (Wildman–Crippen LogP) is 3.84. The van der Waals surface area contributed by atoms with Gasteiger partial charge in [0.15, 0.2) is 0 Å². The zero-order valence-corrected chi connectivity index (χ0v) is 13.3. The molecule has 2 rings (SSSR count). The van der Waals surface area contributed by atoms with Crippen LogP contribution in [-0.4, -0.2) is 9.78 Å². The molecule has 20 heavy (non-hydrogen) atoms. The van der Waals surface area contributed by atoms with Crippen molar-refractivity contribution >= 4 is 11.6 Å². The molecule has 1 heterocycles. The molecule has 0 radical (unpaired) electrons. The van der Waals surface area contributed by atoms with Crippen LogP contribution < -0.4 is 5.73 Å². The lowest BCUT2D eigenvalue weighted by molar-refractivity contribution is 0.516. The molecule has 1 aromatic heterocycles. The monoisotopic (exact) mass is 291 g/mol. The molecule has 0 aliphatic heterocycles. The number of aromatic nitrogens is 2. The normalized spacial score (nSPS) is 13.5. The van der Waals surface area contributed by atoms with Crippen molar-refractivity contribution in [1.82, 2.24) is 9.78 Å². The first-order valence-corrected chi connectivity index (χ1v) is 7.21. The summed E-state index contributed by atoms with van der Waals surface area (Å²) in [6.07, 6.45) is 1.66. The van der Waals surface area contributed by atoms with Crippen LogP contribution in [0.25, 0.3) is 0 Å². The minimum absolute atomic E-state index is 0.0846. The molecule has 0 bridgehead atoms. The molecular formula is C16H22ClN3.